The van der Waals surface area contributed by atoms with Crippen molar-refractivity contribution in [1.29, 1.82) is 0 Å². The Bertz CT molecular complexity index is 726. The summed E-state index contributed by atoms with van der Waals surface area (Å²) in [5, 5.41) is 0. The minimum Gasteiger partial charge on any atom is -0.385 e. The third-order valence-corrected chi connectivity index (χ3v) is 4.11. The standard InChI is InChI=1S/C19H23F3N2O2/c1-15(25)23(10-5-11-26-2)14-18-8-4-9-24(18)13-16-6-3-7-17(12-16)19(20,21)22/h3-4,6-9,12H,5,10-11,13-14H2,1-2H3. The largest absolute Gasteiger partial charge is 0.416 e. The molecule has 0 aliphatic heterocycles. The predicted molar refractivity (Wildman–Crippen MR) is 92.6 cm³/mol. The summed E-state index contributed by atoms with van der Waals surface area (Å²) in [5.74, 6) is -0.0482. The Morgan fingerprint density at radius 2 is 2.00 bits per heavy atom. The number of aromatic nitrogens is 1. The van der Waals surface area contributed by atoms with Gasteiger partial charge in [0.2, 0.25) is 5.91 Å². The number of carbonyl (C=O) groups is 1. The molecule has 0 saturated carbocycles. The monoisotopic (exact) mass is 368 g/mol. The number of alkyl halides is 3. The normalized spacial score (nSPS) is 11.6. The van der Waals surface area contributed by atoms with Gasteiger partial charge in [-0.05, 0) is 36.2 Å². The molecular weight excluding hydrogens is 345 g/mol. The number of amides is 1. The van der Waals surface area contributed by atoms with Crippen LogP contribution in [0.15, 0.2) is 42.6 Å². The smallest absolute Gasteiger partial charge is 0.385 e. The highest BCUT2D eigenvalue weighted by molar-refractivity contribution is 5.73. The van der Waals surface area contributed by atoms with Gasteiger partial charge in [-0.3, -0.25) is 4.79 Å². The summed E-state index contributed by atoms with van der Waals surface area (Å²) in [6.07, 6.45) is -1.82. The van der Waals surface area contributed by atoms with Crippen LogP contribution in [0.5, 0.6) is 0 Å². The topological polar surface area (TPSA) is 34.5 Å². The fourth-order valence-corrected chi connectivity index (χ4v) is 2.73. The number of hydrogen-bond acceptors (Lipinski definition) is 2. The van der Waals surface area contributed by atoms with Crippen molar-refractivity contribution >= 4 is 5.91 Å². The van der Waals surface area contributed by atoms with Crippen molar-refractivity contribution in [3.05, 3.63) is 59.4 Å². The second kappa shape index (κ2) is 8.89. The van der Waals surface area contributed by atoms with Crippen molar-refractivity contribution in [3.8, 4) is 0 Å². The molecule has 26 heavy (non-hydrogen) atoms. The van der Waals surface area contributed by atoms with E-state index in [1.54, 1.807) is 18.1 Å². The quantitative estimate of drug-likeness (QED) is 0.662. The van der Waals surface area contributed by atoms with E-state index in [0.29, 0.717) is 31.8 Å². The van der Waals surface area contributed by atoms with Gasteiger partial charge in [0.25, 0.3) is 0 Å². The molecule has 1 amide bonds. The number of nitrogens with zero attached hydrogens (tertiary/aromatic N) is 2. The molecule has 0 saturated heterocycles. The summed E-state index contributed by atoms with van der Waals surface area (Å²) in [5.41, 5.74) is 0.773. The number of halogens is 3. The van der Waals surface area contributed by atoms with Gasteiger partial charge in [-0.25, -0.2) is 0 Å². The van der Waals surface area contributed by atoms with Crippen LogP contribution in [0.2, 0.25) is 0 Å². The lowest BCUT2D eigenvalue weighted by molar-refractivity contribution is -0.137. The third-order valence-electron chi connectivity index (χ3n) is 4.11. The van der Waals surface area contributed by atoms with Crippen molar-refractivity contribution in [1.82, 2.24) is 9.47 Å². The molecular formula is C19H23F3N2O2. The van der Waals surface area contributed by atoms with Crippen LogP contribution in [0, 0.1) is 0 Å². The first-order chi connectivity index (χ1) is 12.3. The molecule has 0 N–H and O–H groups in total. The van der Waals surface area contributed by atoms with Gasteiger partial charge in [0.05, 0.1) is 12.1 Å². The van der Waals surface area contributed by atoms with Crippen LogP contribution in [-0.4, -0.2) is 35.6 Å². The van der Waals surface area contributed by atoms with Gasteiger partial charge in [0.15, 0.2) is 0 Å². The lowest BCUT2D eigenvalue weighted by atomic mass is 10.1. The molecule has 0 aliphatic carbocycles. The maximum atomic E-state index is 12.9. The number of ether oxygens (including phenoxy) is 1. The van der Waals surface area contributed by atoms with Gasteiger partial charge in [0.1, 0.15) is 0 Å². The highest BCUT2D eigenvalue weighted by atomic mass is 19.4. The number of methoxy groups -OCH3 is 1. The highest BCUT2D eigenvalue weighted by Gasteiger charge is 2.30. The zero-order valence-electron chi connectivity index (χ0n) is 14.9. The van der Waals surface area contributed by atoms with Gasteiger partial charge in [-0.1, -0.05) is 12.1 Å². The molecule has 0 unspecified atom stereocenters. The zero-order chi connectivity index (χ0) is 19.2. The van der Waals surface area contributed by atoms with Gasteiger partial charge >= 0.3 is 6.18 Å². The molecule has 0 aliphatic rings. The van der Waals surface area contributed by atoms with E-state index in [1.165, 1.54) is 13.0 Å². The SMILES string of the molecule is COCCCN(Cc1cccn1Cc1cccc(C(F)(F)F)c1)C(C)=O. The molecule has 0 bridgehead atoms. The Labute approximate surface area is 151 Å². The summed E-state index contributed by atoms with van der Waals surface area (Å²) in [6, 6.07) is 9.00. The first-order valence-electron chi connectivity index (χ1n) is 8.36. The van der Waals surface area contributed by atoms with Gasteiger partial charge in [0, 0.05) is 45.6 Å². The van der Waals surface area contributed by atoms with Crippen molar-refractivity contribution in [2.75, 3.05) is 20.3 Å². The van der Waals surface area contributed by atoms with Crippen molar-refractivity contribution < 1.29 is 22.7 Å². The Balaban J connectivity index is 2.11. The van der Waals surface area contributed by atoms with E-state index in [4.69, 9.17) is 4.74 Å². The molecule has 0 atom stereocenters. The summed E-state index contributed by atoms with van der Waals surface area (Å²) in [4.78, 5) is 13.5. The van der Waals surface area contributed by atoms with E-state index in [9.17, 15) is 18.0 Å². The minimum atomic E-state index is -4.36. The molecule has 4 nitrogen and oxygen atoms in total. The lowest BCUT2D eigenvalue weighted by Crippen LogP contribution is -2.30. The first kappa shape index (κ1) is 20.0. The van der Waals surface area contributed by atoms with E-state index in [1.807, 2.05) is 22.9 Å². The lowest BCUT2D eigenvalue weighted by Gasteiger charge is -2.22. The van der Waals surface area contributed by atoms with E-state index in [-0.39, 0.29) is 5.91 Å². The molecule has 0 fully saturated rings. The molecule has 0 radical (unpaired) electrons. The van der Waals surface area contributed by atoms with Crippen LogP contribution in [0.25, 0.3) is 0 Å². The van der Waals surface area contributed by atoms with Gasteiger partial charge in [-0.2, -0.15) is 13.2 Å². The minimum absolute atomic E-state index is 0.0482. The summed E-state index contributed by atoms with van der Waals surface area (Å²) in [7, 11) is 1.61. The number of carbonyl (C=O) groups excluding carboxylic acids is 1. The second-order valence-corrected chi connectivity index (χ2v) is 6.11. The molecule has 1 heterocycles. The second-order valence-electron chi connectivity index (χ2n) is 6.11. The average molecular weight is 368 g/mol. The van der Waals surface area contributed by atoms with Gasteiger partial charge in [-0.15, -0.1) is 0 Å². The Morgan fingerprint density at radius 1 is 1.23 bits per heavy atom. The summed E-state index contributed by atoms with van der Waals surface area (Å²) in [6.45, 7) is 3.36. The molecule has 0 spiro atoms. The first-order valence-corrected chi connectivity index (χ1v) is 8.36. The van der Waals surface area contributed by atoms with Crippen LogP contribution in [0.4, 0.5) is 13.2 Å². The van der Waals surface area contributed by atoms with Crippen LogP contribution in [-0.2, 0) is 28.8 Å². The average Bonchev–Trinajstić information content (AvgIpc) is 3.00. The van der Waals surface area contributed by atoms with Crippen molar-refractivity contribution in [2.24, 2.45) is 0 Å². The summed E-state index contributed by atoms with van der Waals surface area (Å²) < 4.78 is 45.5. The number of hydrogen-bond donors (Lipinski definition) is 0. The fraction of sp³-hybridized carbons (Fsp3) is 0.421. The fourth-order valence-electron chi connectivity index (χ4n) is 2.73. The van der Waals surface area contributed by atoms with Crippen LogP contribution in [0.1, 0.15) is 30.2 Å². The van der Waals surface area contributed by atoms with Crippen LogP contribution < -0.4 is 0 Å². The van der Waals surface area contributed by atoms with Crippen molar-refractivity contribution in [2.45, 2.75) is 32.6 Å². The Hall–Kier alpha value is -2.28. The van der Waals surface area contributed by atoms with Crippen molar-refractivity contribution in [3.63, 3.8) is 0 Å². The third kappa shape index (κ3) is 5.62. The van der Waals surface area contributed by atoms with Crippen LogP contribution >= 0.6 is 0 Å². The number of rotatable bonds is 8. The zero-order valence-corrected chi connectivity index (χ0v) is 14.9. The maximum absolute atomic E-state index is 12.9. The molecule has 2 rings (SSSR count). The molecule has 142 valence electrons. The highest BCUT2D eigenvalue weighted by Crippen LogP contribution is 2.29. The van der Waals surface area contributed by atoms with E-state index < -0.39 is 11.7 Å². The Kier molecular flexibility index (Phi) is 6.85. The van der Waals surface area contributed by atoms with Gasteiger partial charge < -0.3 is 14.2 Å². The maximum Gasteiger partial charge on any atom is 0.416 e. The molecule has 1 aromatic heterocycles. The van der Waals surface area contributed by atoms with E-state index in [0.717, 1.165) is 24.2 Å². The van der Waals surface area contributed by atoms with Crippen LogP contribution in [0.3, 0.4) is 0 Å². The Morgan fingerprint density at radius 3 is 2.65 bits per heavy atom. The molecule has 1 aromatic carbocycles. The molecule has 7 heteroatoms. The van der Waals surface area contributed by atoms with E-state index in [2.05, 4.69) is 0 Å². The number of benzene rings is 1. The summed E-state index contributed by atoms with van der Waals surface area (Å²) >= 11 is 0. The predicted octanol–water partition coefficient (Wildman–Crippen LogP) is 3.94. The molecule has 2 aromatic rings. The van der Waals surface area contributed by atoms with E-state index >= 15 is 0 Å².